The molecule has 0 spiro atoms. The van der Waals surface area contributed by atoms with Gasteiger partial charge in [0, 0.05) is 12.0 Å². The summed E-state index contributed by atoms with van der Waals surface area (Å²) in [6.45, 7) is 2.38. The highest BCUT2D eigenvalue weighted by atomic mass is 16.7. The summed E-state index contributed by atoms with van der Waals surface area (Å²) in [6, 6.07) is 3.91. The molecule has 5 nitrogen and oxygen atoms in total. The van der Waals surface area contributed by atoms with E-state index < -0.39 is 0 Å². The summed E-state index contributed by atoms with van der Waals surface area (Å²) >= 11 is 0. The fraction of sp³-hybridized carbons (Fsp3) is 0.308. The van der Waals surface area contributed by atoms with Gasteiger partial charge in [-0.15, -0.1) is 0 Å². The van der Waals surface area contributed by atoms with Gasteiger partial charge in [0.2, 0.25) is 6.79 Å². The molecule has 3 rings (SSSR count). The third-order valence-corrected chi connectivity index (χ3v) is 2.99. The number of imidazole rings is 1. The summed E-state index contributed by atoms with van der Waals surface area (Å²) in [5.74, 6) is 2.32. The van der Waals surface area contributed by atoms with Crippen LogP contribution in [0.5, 0.6) is 11.5 Å². The minimum absolute atomic E-state index is 0.0904. The number of aliphatic hydroxyl groups excluding tert-OH is 1. The summed E-state index contributed by atoms with van der Waals surface area (Å²) in [7, 11) is 0. The normalized spacial score (nSPS) is 13.0. The third-order valence-electron chi connectivity index (χ3n) is 2.99. The Bertz CT molecular complexity index is 578. The van der Waals surface area contributed by atoms with Gasteiger partial charge < -0.3 is 19.6 Å². The number of ether oxygens (including phenoxy) is 2. The van der Waals surface area contributed by atoms with Gasteiger partial charge in [-0.1, -0.05) is 0 Å². The van der Waals surface area contributed by atoms with E-state index in [1.807, 2.05) is 19.1 Å². The van der Waals surface area contributed by atoms with Crippen molar-refractivity contribution in [3.05, 3.63) is 29.7 Å². The van der Waals surface area contributed by atoms with Crippen molar-refractivity contribution in [3.63, 3.8) is 0 Å². The Kier molecular flexibility index (Phi) is 2.68. The molecule has 0 fully saturated rings. The number of nitrogens with one attached hydrogen (secondary N) is 1. The number of hydrogen-bond acceptors (Lipinski definition) is 4. The number of aliphatic hydroxyl groups is 1. The zero-order valence-corrected chi connectivity index (χ0v) is 10.1. The molecule has 94 valence electrons. The quantitative estimate of drug-likeness (QED) is 0.864. The lowest BCUT2D eigenvalue weighted by Crippen LogP contribution is -1.93. The minimum Gasteiger partial charge on any atom is -0.454 e. The molecule has 0 unspecified atom stereocenters. The highest BCUT2D eigenvalue weighted by Gasteiger charge is 2.17. The molecule has 0 saturated carbocycles. The van der Waals surface area contributed by atoms with Gasteiger partial charge in [0.1, 0.15) is 5.82 Å². The Morgan fingerprint density at radius 1 is 1.33 bits per heavy atom. The van der Waals surface area contributed by atoms with Crippen LogP contribution in [0.4, 0.5) is 0 Å². The van der Waals surface area contributed by atoms with Crippen molar-refractivity contribution in [2.45, 2.75) is 13.3 Å². The number of benzene rings is 1. The molecule has 1 aromatic carbocycles. The van der Waals surface area contributed by atoms with Gasteiger partial charge in [-0.3, -0.25) is 0 Å². The van der Waals surface area contributed by atoms with Crippen molar-refractivity contribution in [2.24, 2.45) is 0 Å². The number of hydrogen-bond donors (Lipinski definition) is 2. The largest absolute Gasteiger partial charge is 0.454 e. The molecule has 0 amide bonds. The van der Waals surface area contributed by atoms with E-state index in [2.05, 4.69) is 9.97 Å². The van der Waals surface area contributed by atoms with Crippen molar-refractivity contribution >= 4 is 0 Å². The first-order chi connectivity index (χ1) is 8.78. The number of aromatic amines is 1. The van der Waals surface area contributed by atoms with Crippen LogP contribution in [-0.4, -0.2) is 28.5 Å². The van der Waals surface area contributed by atoms with Crippen LogP contribution in [0.25, 0.3) is 11.3 Å². The van der Waals surface area contributed by atoms with Crippen LogP contribution in [-0.2, 0) is 6.42 Å². The van der Waals surface area contributed by atoms with E-state index in [0.29, 0.717) is 6.42 Å². The fourth-order valence-electron chi connectivity index (χ4n) is 2.07. The van der Waals surface area contributed by atoms with Crippen molar-refractivity contribution in [1.82, 2.24) is 9.97 Å². The second-order valence-corrected chi connectivity index (χ2v) is 4.24. The first-order valence-electron chi connectivity index (χ1n) is 5.83. The van der Waals surface area contributed by atoms with Gasteiger partial charge in [-0.25, -0.2) is 4.98 Å². The molecule has 0 saturated heterocycles. The third kappa shape index (κ3) is 1.82. The average molecular weight is 246 g/mol. The average Bonchev–Trinajstić information content (AvgIpc) is 2.96. The second kappa shape index (κ2) is 4.34. The van der Waals surface area contributed by atoms with Crippen LogP contribution in [0.3, 0.4) is 0 Å². The van der Waals surface area contributed by atoms with E-state index in [4.69, 9.17) is 14.6 Å². The summed E-state index contributed by atoms with van der Waals surface area (Å²) in [5.41, 5.74) is 3.06. The zero-order valence-electron chi connectivity index (χ0n) is 10.1. The van der Waals surface area contributed by atoms with Crippen molar-refractivity contribution in [2.75, 3.05) is 13.4 Å². The number of rotatable bonds is 3. The van der Waals surface area contributed by atoms with E-state index in [1.54, 1.807) is 6.20 Å². The number of H-pyrrole nitrogens is 1. The molecule has 18 heavy (non-hydrogen) atoms. The molecule has 1 aliphatic rings. The summed E-state index contributed by atoms with van der Waals surface area (Å²) in [6.07, 6.45) is 2.30. The maximum atomic E-state index is 8.88. The summed E-state index contributed by atoms with van der Waals surface area (Å²) < 4.78 is 10.7. The van der Waals surface area contributed by atoms with Gasteiger partial charge in [0.05, 0.1) is 18.5 Å². The smallest absolute Gasteiger partial charge is 0.231 e. The van der Waals surface area contributed by atoms with Crippen LogP contribution in [0.1, 0.15) is 11.4 Å². The highest BCUT2D eigenvalue weighted by molar-refractivity contribution is 5.68. The van der Waals surface area contributed by atoms with Crippen LogP contribution < -0.4 is 9.47 Å². The number of aryl methyl sites for hydroxylation is 1. The van der Waals surface area contributed by atoms with E-state index in [0.717, 1.165) is 34.1 Å². The molecule has 5 heteroatoms. The number of aromatic nitrogens is 2. The molecule has 0 atom stereocenters. The summed E-state index contributed by atoms with van der Waals surface area (Å²) in [5, 5.41) is 8.88. The Balaban J connectivity index is 2.00. The minimum atomic E-state index is 0.0904. The monoisotopic (exact) mass is 246 g/mol. The standard InChI is InChI=1S/C13H14N2O3/c1-8-4-11-12(18-7-17-11)5-9(8)10-6-14-13(15-10)2-3-16/h4-6,16H,2-3,7H2,1H3,(H,14,15). The molecule has 2 aromatic rings. The van der Waals surface area contributed by atoms with Crippen LogP contribution >= 0.6 is 0 Å². The Labute approximate surface area is 104 Å². The molecular formula is C13H14N2O3. The van der Waals surface area contributed by atoms with Crippen LogP contribution in [0.2, 0.25) is 0 Å². The van der Waals surface area contributed by atoms with E-state index in [-0.39, 0.29) is 13.4 Å². The van der Waals surface area contributed by atoms with Crippen molar-refractivity contribution in [1.29, 1.82) is 0 Å². The molecule has 2 heterocycles. The lowest BCUT2D eigenvalue weighted by Gasteiger charge is -2.05. The molecule has 1 aromatic heterocycles. The topological polar surface area (TPSA) is 67.4 Å². The number of fused-ring (bicyclic) bond motifs is 1. The maximum Gasteiger partial charge on any atom is 0.231 e. The lowest BCUT2D eigenvalue weighted by atomic mass is 10.1. The van der Waals surface area contributed by atoms with Crippen LogP contribution in [0.15, 0.2) is 18.3 Å². The Morgan fingerprint density at radius 2 is 2.11 bits per heavy atom. The maximum absolute atomic E-state index is 8.88. The van der Waals surface area contributed by atoms with Crippen LogP contribution in [0, 0.1) is 6.92 Å². The first kappa shape index (κ1) is 11.1. The van der Waals surface area contributed by atoms with Crippen molar-refractivity contribution in [3.8, 4) is 22.8 Å². The zero-order chi connectivity index (χ0) is 12.5. The van der Waals surface area contributed by atoms with E-state index >= 15 is 0 Å². The molecule has 0 aliphatic carbocycles. The fourth-order valence-corrected chi connectivity index (χ4v) is 2.07. The van der Waals surface area contributed by atoms with Gasteiger partial charge in [-0.05, 0) is 24.6 Å². The predicted molar refractivity (Wildman–Crippen MR) is 65.7 cm³/mol. The van der Waals surface area contributed by atoms with Gasteiger partial charge in [0.15, 0.2) is 11.5 Å². The van der Waals surface area contributed by atoms with Crippen molar-refractivity contribution < 1.29 is 14.6 Å². The van der Waals surface area contributed by atoms with Gasteiger partial charge in [0.25, 0.3) is 0 Å². The van der Waals surface area contributed by atoms with E-state index in [1.165, 1.54) is 0 Å². The molecule has 1 aliphatic heterocycles. The highest BCUT2D eigenvalue weighted by Crippen LogP contribution is 2.37. The molecule has 2 N–H and O–H groups in total. The lowest BCUT2D eigenvalue weighted by molar-refractivity contribution is 0.174. The van der Waals surface area contributed by atoms with E-state index in [9.17, 15) is 0 Å². The van der Waals surface area contributed by atoms with Gasteiger partial charge in [-0.2, -0.15) is 0 Å². The SMILES string of the molecule is Cc1cc2c(cc1-c1cnc(CCO)[nH]1)OCO2. The Morgan fingerprint density at radius 3 is 2.89 bits per heavy atom. The predicted octanol–water partition coefficient (Wildman–Crippen LogP) is 1.65. The first-order valence-corrected chi connectivity index (χ1v) is 5.83. The Hall–Kier alpha value is -2.01. The molecule has 0 bridgehead atoms. The molecular weight excluding hydrogens is 232 g/mol. The summed E-state index contributed by atoms with van der Waals surface area (Å²) in [4.78, 5) is 7.42. The van der Waals surface area contributed by atoms with Gasteiger partial charge >= 0.3 is 0 Å². The number of nitrogens with zero attached hydrogens (tertiary/aromatic N) is 1. The molecule has 0 radical (unpaired) electrons. The second-order valence-electron chi connectivity index (χ2n) is 4.24.